The first kappa shape index (κ1) is 19.6. The molecule has 130 valence electrons. The van der Waals surface area contributed by atoms with E-state index in [0.29, 0.717) is 6.42 Å². The third-order valence-electron chi connectivity index (χ3n) is 3.56. The van der Waals surface area contributed by atoms with Crippen molar-refractivity contribution in [3.8, 4) is 5.75 Å². The van der Waals surface area contributed by atoms with Crippen molar-refractivity contribution in [2.24, 2.45) is 5.41 Å². The topological polar surface area (TPSA) is 60.5 Å². The predicted molar refractivity (Wildman–Crippen MR) is 95.3 cm³/mol. The molecule has 1 rings (SSSR count). The van der Waals surface area contributed by atoms with E-state index in [0.717, 1.165) is 11.3 Å². The van der Waals surface area contributed by atoms with Gasteiger partial charge in [0.25, 0.3) is 0 Å². The lowest BCUT2D eigenvalue weighted by Crippen LogP contribution is -2.52. The van der Waals surface area contributed by atoms with Crippen LogP contribution >= 0.6 is 0 Å². The van der Waals surface area contributed by atoms with Crippen molar-refractivity contribution in [1.82, 2.24) is 10.3 Å². The maximum atomic E-state index is 11.7. The molecule has 0 aromatic carbocycles. The number of hydrogen-bond acceptors (Lipinski definition) is 4. The number of carbonyl (C=O) groups excluding carboxylic acids is 1. The van der Waals surface area contributed by atoms with Gasteiger partial charge in [-0.3, -0.25) is 9.78 Å². The van der Waals surface area contributed by atoms with Gasteiger partial charge in [-0.05, 0) is 36.6 Å². The summed E-state index contributed by atoms with van der Waals surface area (Å²) in [5, 5.41) is 3.07. The molecule has 1 N–H and O–H groups in total. The molecule has 0 aliphatic rings. The van der Waals surface area contributed by atoms with E-state index in [1.54, 1.807) is 26.4 Å². The Bertz CT molecular complexity index is 515. The number of carbonyl (C=O) groups is 1. The Balaban J connectivity index is 3.12. The second kappa shape index (κ2) is 8.45. The highest BCUT2D eigenvalue weighted by atomic mass is 28.3. The van der Waals surface area contributed by atoms with Crippen LogP contribution in [0.3, 0.4) is 0 Å². The summed E-state index contributed by atoms with van der Waals surface area (Å²) in [5.74, 6) is 0.684. The Kier molecular flexibility index (Phi) is 7.22. The molecule has 1 aromatic heterocycles. The molecular weight excluding hydrogens is 308 g/mol. The molecule has 0 radical (unpaired) electrons. The van der Waals surface area contributed by atoms with Crippen LogP contribution in [0.2, 0.25) is 13.1 Å². The third kappa shape index (κ3) is 6.31. The molecule has 0 bridgehead atoms. The van der Waals surface area contributed by atoms with Crippen LogP contribution in [-0.2, 0) is 15.6 Å². The Morgan fingerprint density at radius 3 is 2.52 bits per heavy atom. The lowest BCUT2D eigenvalue weighted by Gasteiger charge is -2.39. The number of amides is 1. The van der Waals surface area contributed by atoms with Crippen molar-refractivity contribution in [2.75, 3.05) is 7.11 Å². The summed E-state index contributed by atoms with van der Waals surface area (Å²) in [6, 6.07) is 1.82. The molecule has 1 heterocycles. The van der Waals surface area contributed by atoms with Crippen LogP contribution in [0, 0.1) is 5.41 Å². The molecular formula is C17H30N2O3Si. The van der Waals surface area contributed by atoms with E-state index in [-0.39, 0.29) is 23.5 Å². The molecule has 0 aliphatic heterocycles. The normalized spacial score (nSPS) is 14.4. The second-order valence-corrected chi connectivity index (χ2v) is 9.54. The average Bonchev–Trinajstić information content (AvgIpc) is 2.43. The van der Waals surface area contributed by atoms with Crippen LogP contribution in [0.4, 0.5) is 0 Å². The number of methoxy groups -OCH3 is 1. The van der Waals surface area contributed by atoms with Crippen LogP contribution in [0.15, 0.2) is 18.5 Å². The van der Waals surface area contributed by atoms with Crippen LogP contribution in [-0.4, -0.2) is 39.2 Å². The molecule has 6 heteroatoms. The van der Waals surface area contributed by atoms with Crippen molar-refractivity contribution >= 4 is 14.9 Å². The van der Waals surface area contributed by atoms with Gasteiger partial charge in [0.15, 0.2) is 9.04 Å². The Labute approximate surface area is 141 Å². The fourth-order valence-corrected chi connectivity index (χ4v) is 3.87. The quantitative estimate of drug-likeness (QED) is 0.776. The molecule has 1 amide bonds. The molecule has 0 aliphatic carbocycles. The van der Waals surface area contributed by atoms with Gasteiger partial charge < -0.3 is 14.5 Å². The first-order chi connectivity index (χ1) is 10.6. The highest BCUT2D eigenvalue weighted by molar-refractivity contribution is 6.48. The summed E-state index contributed by atoms with van der Waals surface area (Å²) in [6.07, 6.45) is 4.03. The van der Waals surface area contributed by atoms with E-state index in [2.05, 4.69) is 44.2 Å². The molecule has 5 nitrogen and oxygen atoms in total. The standard InChI is InChI=1S/C17H30N2O3Si/c1-12(20)19-14(16(17(2,3)4)22-23(6)7)10-13-8-9-18-11-15(13)21-5/h8-9,11,14,16,23H,10H2,1-7H3,(H,19,20). The minimum absolute atomic E-state index is 0.0497. The summed E-state index contributed by atoms with van der Waals surface area (Å²) in [7, 11) is 0.380. The molecule has 0 saturated carbocycles. The maximum Gasteiger partial charge on any atom is 0.217 e. The average molecular weight is 339 g/mol. The smallest absolute Gasteiger partial charge is 0.217 e. The van der Waals surface area contributed by atoms with Crippen molar-refractivity contribution in [2.45, 2.75) is 59.4 Å². The van der Waals surface area contributed by atoms with Crippen molar-refractivity contribution in [3.05, 3.63) is 24.0 Å². The minimum Gasteiger partial charge on any atom is -0.495 e. The van der Waals surface area contributed by atoms with Gasteiger partial charge in [-0.15, -0.1) is 0 Å². The fraction of sp³-hybridized carbons (Fsp3) is 0.647. The highest BCUT2D eigenvalue weighted by Gasteiger charge is 2.34. The van der Waals surface area contributed by atoms with E-state index in [1.165, 1.54) is 0 Å². The van der Waals surface area contributed by atoms with E-state index in [1.807, 2.05) is 6.07 Å². The van der Waals surface area contributed by atoms with E-state index in [4.69, 9.17) is 9.16 Å². The second-order valence-electron chi connectivity index (χ2n) is 7.17. The van der Waals surface area contributed by atoms with Crippen LogP contribution in [0.5, 0.6) is 5.75 Å². The van der Waals surface area contributed by atoms with Gasteiger partial charge in [0.2, 0.25) is 5.91 Å². The lowest BCUT2D eigenvalue weighted by molar-refractivity contribution is -0.120. The molecule has 2 atom stereocenters. The van der Waals surface area contributed by atoms with Gasteiger partial charge in [-0.25, -0.2) is 0 Å². The molecule has 2 unspecified atom stereocenters. The largest absolute Gasteiger partial charge is 0.495 e. The number of nitrogens with zero attached hydrogens (tertiary/aromatic N) is 1. The Hall–Kier alpha value is -1.40. The number of aromatic nitrogens is 1. The molecule has 1 aromatic rings. The third-order valence-corrected chi connectivity index (χ3v) is 4.39. The van der Waals surface area contributed by atoms with Gasteiger partial charge in [-0.1, -0.05) is 20.8 Å². The van der Waals surface area contributed by atoms with Crippen LogP contribution in [0.1, 0.15) is 33.3 Å². The number of rotatable bonds is 7. The Morgan fingerprint density at radius 2 is 2.04 bits per heavy atom. The van der Waals surface area contributed by atoms with Crippen LogP contribution in [0.25, 0.3) is 0 Å². The first-order valence-electron chi connectivity index (χ1n) is 8.04. The first-order valence-corrected chi connectivity index (χ1v) is 10.8. The molecule has 0 saturated heterocycles. The highest BCUT2D eigenvalue weighted by Crippen LogP contribution is 2.29. The number of ether oxygens (including phenoxy) is 1. The minimum atomic E-state index is -1.25. The zero-order valence-electron chi connectivity index (χ0n) is 15.3. The lowest BCUT2D eigenvalue weighted by atomic mass is 9.82. The van der Waals surface area contributed by atoms with Crippen molar-refractivity contribution in [1.29, 1.82) is 0 Å². The summed E-state index contributed by atoms with van der Waals surface area (Å²) < 4.78 is 11.7. The van der Waals surface area contributed by atoms with Crippen molar-refractivity contribution < 1.29 is 14.0 Å². The fourth-order valence-electron chi connectivity index (χ4n) is 2.69. The summed E-state index contributed by atoms with van der Waals surface area (Å²) in [4.78, 5) is 15.8. The monoisotopic (exact) mass is 338 g/mol. The van der Waals surface area contributed by atoms with Crippen LogP contribution < -0.4 is 10.1 Å². The Morgan fingerprint density at radius 1 is 1.39 bits per heavy atom. The zero-order valence-corrected chi connectivity index (χ0v) is 16.5. The maximum absolute atomic E-state index is 11.7. The van der Waals surface area contributed by atoms with Gasteiger partial charge in [0, 0.05) is 13.1 Å². The number of hydrogen-bond donors (Lipinski definition) is 1. The number of pyridine rings is 1. The van der Waals surface area contributed by atoms with Gasteiger partial charge in [0.1, 0.15) is 5.75 Å². The molecule has 0 fully saturated rings. The van der Waals surface area contributed by atoms with E-state index in [9.17, 15) is 4.79 Å². The summed E-state index contributed by atoms with van der Waals surface area (Å²) in [6.45, 7) is 12.3. The summed E-state index contributed by atoms with van der Waals surface area (Å²) in [5.41, 5.74) is 0.939. The SMILES string of the molecule is COc1cnccc1CC(NC(C)=O)C(O[SiH](C)C)C(C)(C)C. The molecule has 0 spiro atoms. The zero-order chi connectivity index (χ0) is 17.6. The van der Waals surface area contributed by atoms with E-state index >= 15 is 0 Å². The van der Waals surface area contributed by atoms with Gasteiger partial charge in [-0.2, -0.15) is 0 Å². The van der Waals surface area contributed by atoms with Gasteiger partial charge in [0.05, 0.1) is 25.5 Å². The van der Waals surface area contributed by atoms with Gasteiger partial charge >= 0.3 is 0 Å². The van der Waals surface area contributed by atoms with Crippen molar-refractivity contribution in [3.63, 3.8) is 0 Å². The number of nitrogens with one attached hydrogen (secondary N) is 1. The van der Waals surface area contributed by atoms with E-state index < -0.39 is 9.04 Å². The predicted octanol–water partition coefficient (Wildman–Crippen LogP) is 2.55. The molecule has 23 heavy (non-hydrogen) atoms. The summed E-state index contributed by atoms with van der Waals surface area (Å²) >= 11 is 0.